The van der Waals surface area contributed by atoms with E-state index >= 15 is 0 Å². The minimum absolute atomic E-state index is 0.0747. The van der Waals surface area contributed by atoms with E-state index in [-0.39, 0.29) is 6.10 Å². The second-order valence-electron chi connectivity index (χ2n) is 3.71. The molecule has 2 atom stereocenters. The molecule has 1 saturated carbocycles. The lowest BCUT2D eigenvalue weighted by Crippen LogP contribution is -2.19. The normalized spacial score (nSPS) is 36.6. The second kappa shape index (κ2) is 3.58. The van der Waals surface area contributed by atoms with Crippen LogP contribution in [0.1, 0.15) is 25.7 Å². The van der Waals surface area contributed by atoms with Crippen LogP contribution in [-0.4, -0.2) is 24.4 Å². The van der Waals surface area contributed by atoms with E-state index in [1.165, 1.54) is 18.4 Å². The topological polar surface area (TPSA) is 29.5 Å². The van der Waals surface area contributed by atoms with Crippen molar-refractivity contribution >= 4 is 0 Å². The van der Waals surface area contributed by atoms with Crippen molar-refractivity contribution in [3.63, 3.8) is 0 Å². The highest BCUT2D eigenvalue weighted by Gasteiger charge is 2.28. The Kier molecular flexibility index (Phi) is 2.47. The monoisotopic (exact) mass is 168 g/mol. The van der Waals surface area contributed by atoms with Crippen molar-refractivity contribution in [1.29, 1.82) is 0 Å². The molecule has 0 bridgehead atoms. The lowest BCUT2D eigenvalue weighted by molar-refractivity contribution is 0.124. The average Bonchev–Trinajstić information content (AvgIpc) is 2.53. The van der Waals surface area contributed by atoms with Crippen LogP contribution in [0.2, 0.25) is 0 Å². The maximum Gasteiger partial charge on any atom is 0.0650 e. The minimum atomic E-state index is -0.0747. The number of aliphatic hydroxyl groups excluding tert-OH is 1. The summed E-state index contributed by atoms with van der Waals surface area (Å²) in [6.07, 6.45) is 6.46. The van der Waals surface area contributed by atoms with Gasteiger partial charge in [0.2, 0.25) is 0 Å². The fourth-order valence-electron chi connectivity index (χ4n) is 2.25. The molecular weight excluding hydrogens is 152 g/mol. The van der Waals surface area contributed by atoms with Crippen LogP contribution < -0.4 is 0 Å². The molecule has 0 radical (unpaired) electrons. The molecule has 2 aliphatic rings. The molecular formula is C10H16O2. The van der Waals surface area contributed by atoms with Gasteiger partial charge in [0.05, 0.1) is 19.3 Å². The SMILES string of the molecule is O[C@@H]1CCC[C@H]1C1=CCOCC1. The first-order valence-electron chi connectivity index (χ1n) is 4.82. The third kappa shape index (κ3) is 1.54. The van der Waals surface area contributed by atoms with E-state index in [1.54, 1.807) is 0 Å². The van der Waals surface area contributed by atoms with E-state index in [0.717, 1.165) is 26.1 Å². The Labute approximate surface area is 73.2 Å². The average molecular weight is 168 g/mol. The summed E-state index contributed by atoms with van der Waals surface area (Å²) in [6.45, 7) is 1.59. The summed E-state index contributed by atoms with van der Waals surface area (Å²) in [4.78, 5) is 0. The molecule has 0 saturated heterocycles. The molecule has 1 heterocycles. The number of hydrogen-bond donors (Lipinski definition) is 1. The van der Waals surface area contributed by atoms with E-state index in [2.05, 4.69) is 6.08 Å². The molecule has 0 spiro atoms. The summed E-state index contributed by atoms with van der Waals surface area (Å²) < 4.78 is 5.24. The van der Waals surface area contributed by atoms with Crippen LogP contribution in [0.4, 0.5) is 0 Å². The van der Waals surface area contributed by atoms with Crippen LogP contribution in [0.25, 0.3) is 0 Å². The van der Waals surface area contributed by atoms with Gasteiger partial charge in [0.15, 0.2) is 0 Å². The number of rotatable bonds is 1. The summed E-state index contributed by atoms with van der Waals surface area (Å²) in [5, 5.41) is 9.66. The van der Waals surface area contributed by atoms with Gasteiger partial charge in [0, 0.05) is 5.92 Å². The van der Waals surface area contributed by atoms with Crippen LogP contribution in [0, 0.1) is 5.92 Å². The summed E-state index contributed by atoms with van der Waals surface area (Å²) in [7, 11) is 0. The fraction of sp³-hybridized carbons (Fsp3) is 0.800. The lowest BCUT2D eigenvalue weighted by Gasteiger charge is -2.21. The van der Waals surface area contributed by atoms with Crippen LogP contribution >= 0.6 is 0 Å². The minimum Gasteiger partial charge on any atom is -0.393 e. The Morgan fingerprint density at radius 2 is 2.33 bits per heavy atom. The Balaban J connectivity index is 2.02. The molecule has 1 N–H and O–H groups in total. The van der Waals surface area contributed by atoms with E-state index in [1.807, 2.05) is 0 Å². The summed E-state index contributed by atoms with van der Waals surface area (Å²) >= 11 is 0. The molecule has 0 aromatic carbocycles. The first-order valence-corrected chi connectivity index (χ1v) is 4.82. The third-order valence-corrected chi connectivity index (χ3v) is 2.95. The molecule has 2 rings (SSSR count). The van der Waals surface area contributed by atoms with E-state index in [0.29, 0.717) is 5.92 Å². The van der Waals surface area contributed by atoms with E-state index < -0.39 is 0 Å². The zero-order valence-electron chi connectivity index (χ0n) is 7.33. The predicted octanol–water partition coefficient (Wildman–Crippen LogP) is 1.49. The van der Waals surface area contributed by atoms with Crippen LogP contribution in [0.15, 0.2) is 11.6 Å². The fourth-order valence-corrected chi connectivity index (χ4v) is 2.25. The van der Waals surface area contributed by atoms with Gasteiger partial charge in [0.1, 0.15) is 0 Å². The predicted molar refractivity (Wildman–Crippen MR) is 46.9 cm³/mol. The quantitative estimate of drug-likeness (QED) is 0.601. The Morgan fingerprint density at radius 1 is 1.42 bits per heavy atom. The number of hydrogen-bond acceptors (Lipinski definition) is 2. The van der Waals surface area contributed by atoms with Gasteiger partial charge in [-0.3, -0.25) is 0 Å². The highest BCUT2D eigenvalue weighted by Crippen LogP contribution is 2.33. The summed E-state index contributed by atoms with van der Waals surface area (Å²) in [6, 6.07) is 0. The smallest absolute Gasteiger partial charge is 0.0650 e. The summed E-state index contributed by atoms with van der Waals surface area (Å²) in [5.74, 6) is 0.453. The molecule has 0 aromatic heterocycles. The molecule has 2 nitrogen and oxygen atoms in total. The van der Waals surface area contributed by atoms with E-state index in [9.17, 15) is 5.11 Å². The second-order valence-corrected chi connectivity index (χ2v) is 3.71. The first kappa shape index (κ1) is 8.27. The zero-order chi connectivity index (χ0) is 8.39. The highest BCUT2D eigenvalue weighted by atomic mass is 16.5. The molecule has 1 fully saturated rings. The molecule has 2 heteroatoms. The van der Waals surface area contributed by atoms with Crippen molar-refractivity contribution in [1.82, 2.24) is 0 Å². The Morgan fingerprint density at radius 3 is 2.92 bits per heavy atom. The van der Waals surface area contributed by atoms with Gasteiger partial charge < -0.3 is 9.84 Å². The van der Waals surface area contributed by atoms with Crippen LogP contribution in [0.5, 0.6) is 0 Å². The standard InChI is InChI=1S/C10H16O2/c11-10-3-1-2-9(10)8-4-6-12-7-5-8/h4,9-11H,1-3,5-7H2/t9-,10+/m0/s1. The number of aliphatic hydroxyl groups is 1. The molecule has 0 unspecified atom stereocenters. The van der Waals surface area contributed by atoms with E-state index in [4.69, 9.17) is 4.74 Å². The van der Waals surface area contributed by atoms with Gasteiger partial charge in [-0.15, -0.1) is 0 Å². The molecule has 68 valence electrons. The van der Waals surface area contributed by atoms with Crippen LogP contribution in [0.3, 0.4) is 0 Å². The largest absolute Gasteiger partial charge is 0.393 e. The molecule has 1 aliphatic heterocycles. The lowest BCUT2D eigenvalue weighted by atomic mass is 9.92. The van der Waals surface area contributed by atoms with Crippen molar-refractivity contribution in [2.24, 2.45) is 5.92 Å². The van der Waals surface area contributed by atoms with Gasteiger partial charge in [0.25, 0.3) is 0 Å². The Bertz CT molecular complexity index is 186. The van der Waals surface area contributed by atoms with Gasteiger partial charge >= 0.3 is 0 Å². The summed E-state index contributed by atoms with van der Waals surface area (Å²) in [5.41, 5.74) is 1.44. The molecule has 1 aliphatic carbocycles. The first-order chi connectivity index (χ1) is 5.88. The highest BCUT2D eigenvalue weighted by molar-refractivity contribution is 5.12. The zero-order valence-corrected chi connectivity index (χ0v) is 7.33. The van der Waals surface area contributed by atoms with Gasteiger partial charge in [-0.2, -0.15) is 0 Å². The number of ether oxygens (including phenoxy) is 1. The van der Waals surface area contributed by atoms with Gasteiger partial charge in [-0.25, -0.2) is 0 Å². The van der Waals surface area contributed by atoms with Crippen molar-refractivity contribution in [2.45, 2.75) is 31.8 Å². The van der Waals surface area contributed by atoms with Crippen LogP contribution in [-0.2, 0) is 4.74 Å². The van der Waals surface area contributed by atoms with Crippen molar-refractivity contribution in [3.8, 4) is 0 Å². The third-order valence-electron chi connectivity index (χ3n) is 2.95. The van der Waals surface area contributed by atoms with Gasteiger partial charge in [-0.05, 0) is 19.3 Å². The van der Waals surface area contributed by atoms with Crippen molar-refractivity contribution < 1.29 is 9.84 Å². The maximum atomic E-state index is 9.66. The Hall–Kier alpha value is -0.340. The maximum absolute atomic E-state index is 9.66. The van der Waals surface area contributed by atoms with Crippen molar-refractivity contribution in [3.05, 3.63) is 11.6 Å². The van der Waals surface area contributed by atoms with Gasteiger partial charge in [-0.1, -0.05) is 18.1 Å². The van der Waals surface area contributed by atoms with Crippen molar-refractivity contribution in [2.75, 3.05) is 13.2 Å². The molecule has 0 amide bonds. The molecule has 0 aromatic rings. The molecule has 12 heavy (non-hydrogen) atoms.